The van der Waals surface area contributed by atoms with E-state index >= 15 is 0 Å². The van der Waals surface area contributed by atoms with Crippen LogP contribution in [0.4, 0.5) is 0 Å². The molecule has 0 saturated heterocycles. The van der Waals surface area contributed by atoms with Crippen LogP contribution in [0.15, 0.2) is 43.2 Å². The molecular weight excluding hydrogens is 299 g/mol. The van der Waals surface area contributed by atoms with Gasteiger partial charge in [-0.25, -0.2) is 0 Å². The van der Waals surface area contributed by atoms with E-state index < -0.39 is 17.4 Å². The van der Waals surface area contributed by atoms with Crippen LogP contribution in [0.3, 0.4) is 0 Å². The van der Waals surface area contributed by atoms with Gasteiger partial charge in [0.25, 0.3) is 0 Å². The second-order valence-electron chi connectivity index (χ2n) is 4.94. The predicted molar refractivity (Wildman–Crippen MR) is 83.7 cm³/mol. The van der Waals surface area contributed by atoms with Crippen LogP contribution in [0.5, 0.6) is 0 Å². The normalized spacial score (nSPS) is 17.3. The Bertz CT molecular complexity index is 451. The molecule has 0 aromatic heterocycles. The molecule has 0 fully saturated rings. The molecule has 0 saturated carbocycles. The van der Waals surface area contributed by atoms with E-state index in [1.165, 1.54) is 18.4 Å². The molecule has 2 rings (SSSR count). The second kappa shape index (κ2) is 7.65. The Hall–Kier alpha value is 0.124. The van der Waals surface area contributed by atoms with Crippen LogP contribution in [0.2, 0.25) is 0 Å². The molecule has 0 aromatic rings. The first-order chi connectivity index (χ1) is 7.61. The van der Waals surface area contributed by atoms with Gasteiger partial charge in [-0.2, -0.15) is 0 Å². The summed E-state index contributed by atoms with van der Waals surface area (Å²) in [6.07, 6.45) is 11.5. The fourth-order valence-electron chi connectivity index (χ4n) is 2.52. The second-order valence-corrected chi connectivity index (χ2v) is 8.32. The average molecular weight is 321 g/mol. The Balaban J connectivity index is 0.00000144. The van der Waals surface area contributed by atoms with Gasteiger partial charge in [0.1, 0.15) is 0 Å². The number of hydrogen-bond acceptors (Lipinski definition) is 0. The van der Waals surface area contributed by atoms with Crippen molar-refractivity contribution >= 4 is 29.6 Å². The number of allylic oxidation sites excluding steroid dienone is 8. The van der Waals surface area contributed by atoms with Crippen molar-refractivity contribution in [1.29, 1.82) is 0 Å². The topological polar surface area (TPSA) is 0 Å². The van der Waals surface area contributed by atoms with Crippen LogP contribution in [0.1, 0.15) is 33.6 Å². The number of rotatable bonds is 3. The van der Waals surface area contributed by atoms with Gasteiger partial charge in [-0.05, 0) is 0 Å². The molecule has 0 aromatic carbocycles. The molecule has 0 atom stereocenters. The summed E-state index contributed by atoms with van der Waals surface area (Å²) in [5, 5.41) is 0. The van der Waals surface area contributed by atoms with Crippen LogP contribution in [0, 0.1) is 5.92 Å². The Morgan fingerprint density at radius 1 is 1.06 bits per heavy atom. The summed E-state index contributed by atoms with van der Waals surface area (Å²) in [4.78, 5) is 4.56. The van der Waals surface area contributed by atoms with Crippen LogP contribution < -0.4 is 0 Å². The number of hydrogen-bond donors (Lipinski definition) is 0. The van der Waals surface area contributed by atoms with E-state index in [2.05, 4.69) is 49.9 Å². The van der Waals surface area contributed by atoms with Gasteiger partial charge in [0.15, 0.2) is 0 Å². The molecule has 2 aliphatic rings. The van der Waals surface area contributed by atoms with Crippen LogP contribution in [-0.4, -0.2) is 4.82 Å². The molecule has 0 aliphatic heterocycles. The Morgan fingerprint density at radius 3 is 2.11 bits per heavy atom. The minimum atomic E-state index is -1.39. The van der Waals surface area contributed by atoms with E-state index in [0.717, 1.165) is 0 Å². The van der Waals surface area contributed by atoms with Crippen molar-refractivity contribution in [3.05, 3.63) is 43.2 Å². The molecule has 0 heterocycles. The minimum absolute atomic E-state index is 0. The third kappa shape index (κ3) is 3.57. The van der Waals surface area contributed by atoms with Gasteiger partial charge >= 0.3 is 105 Å². The molecule has 0 unspecified atom stereocenters. The molecule has 0 N–H and O–H groups in total. The molecule has 0 nitrogen and oxygen atoms in total. The van der Waals surface area contributed by atoms with E-state index in [9.17, 15) is 0 Å². The zero-order valence-corrected chi connectivity index (χ0v) is 14.5. The van der Waals surface area contributed by atoms with Gasteiger partial charge in [0.05, 0.1) is 0 Å². The first-order valence-electron chi connectivity index (χ1n) is 6.06. The molecule has 18 heavy (non-hydrogen) atoms. The van der Waals surface area contributed by atoms with E-state index in [0.29, 0.717) is 5.92 Å². The third-order valence-electron chi connectivity index (χ3n) is 3.48. The fraction of sp³-hybridized carbons (Fsp3) is 0.400. The summed E-state index contributed by atoms with van der Waals surface area (Å²) in [5.41, 5.74) is 3.07. The molecule has 3 heteroatoms. The van der Waals surface area contributed by atoms with E-state index in [-0.39, 0.29) is 24.8 Å². The zero-order valence-electron chi connectivity index (χ0n) is 11.3. The summed E-state index contributed by atoms with van der Waals surface area (Å²) >= 11 is -1.39. The van der Waals surface area contributed by atoms with Gasteiger partial charge < -0.3 is 0 Å². The SMILES string of the molecule is Cl.Cl.[CH2]=[Ti]([C]1=C(C)C=CC1)[C]1=C(C(C)C)C=CC1. The average Bonchev–Trinajstić information content (AvgIpc) is 2.84. The zero-order chi connectivity index (χ0) is 11.7. The predicted octanol–water partition coefficient (Wildman–Crippen LogP) is 4.98. The first-order valence-corrected chi connectivity index (χ1v) is 8.73. The molecule has 2 aliphatic carbocycles. The summed E-state index contributed by atoms with van der Waals surface area (Å²) in [6, 6.07) is 0. The monoisotopic (exact) mass is 320 g/mol. The first kappa shape index (κ1) is 18.1. The Morgan fingerprint density at radius 2 is 1.61 bits per heavy atom. The maximum absolute atomic E-state index is 4.56. The molecule has 100 valence electrons. The van der Waals surface area contributed by atoms with Gasteiger partial charge in [0, 0.05) is 0 Å². The van der Waals surface area contributed by atoms with Crippen LogP contribution >= 0.6 is 24.8 Å². The standard InChI is InChI=1S/C8H11.C6H7.CH2.2ClH.Ti/c1-7(2)8-5-3-4-6-8;1-6-4-2-3-5-6;;;;/h3,5,7H,4H2,1-2H3;2,4H,3H2,1H3;1H2;2*1H;. The van der Waals surface area contributed by atoms with Crippen molar-refractivity contribution in [1.82, 2.24) is 0 Å². The summed E-state index contributed by atoms with van der Waals surface area (Å²) in [7, 11) is 0. The van der Waals surface area contributed by atoms with Crippen LogP contribution in [-0.2, 0) is 17.4 Å². The van der Waals surface area contributed by atoms with Crippen molar-refractivity contribution in [2.75, 3.05) is 0 Å². The third-order valence-corrected chi connectivity index (χ3v) is 7.46. The molecule has 0 spiro atoms. The van der Waals surface area contributed by atoms with E-state index in [4.69, 9.17) is 0 Å². The van der Waals surface area contributed by atoms with E-state index in [1.54, 1.807) is 13.3 Å². The summed E-state index contributed by atoms with van der Waals surface area (Å²) in [5.74, 6) is 0.660. The quantitative estimate of drug-likeness (QED) is 0.643. The van der Waals surface area contributed by atoms with Crippen molar-refractivity contribution in [3.8, 4) is 0 Å². The van der Waals surface area contributed by atoms with Crippen molar-refractivity contribution < 1.29 is 17.4 Å². The van der Waals surface area contributed by atoms with Crippen molar-refractivity contribution in [2.24, 2.45) is 5.92 Å². The Kier molecular flexibility index (Phi) is 7.70. The van der Waals surface area contributed by atoms with E-state index in [1.807, 2.05) is 0 Å². The fourth-order valence-corrected chi connectivity index (χ4v) is 6.22. The molecule has 0 bridgehead atoms. The van der Waals surface area contributed by atoms with Gasteiger partial charge in [0.2, 0.25) is 0 Å². The van der Waals surface area contributed by atoms with Crippen molar-refractivity contribution in [3.63, 3.8) is 0 Å². The van der Waals surface area contributed by atoms with Gasteiger partial charge in [-0.3, -0.25) is 0 Å². The molecular formula is C15H22Cl2Ti. The molecule has 0 radical (unpaired) electrons. The number of halogens is 2. The van der Waals surface area contributed by atoms with Gasteiger partial charge in [-0.1, -0.05) is 0 Å². The van der Waals surface area contributed by atoms with Crippen LogP contribution in [0.25, 0.3) is 0 Å². The molecule has 0 amide bonds. The van der Waals surface area contributed by atoms with Crippen molar-refractivity contribution in [2.45, 2.75) is 33.6 Å². The Labute approximate surface area is 129 Å². The van der Waals surface area contributed by atoms with Gasteiger partial charge in [-0.15, -0.1) is 24.8 Å². The maximum atomic E-state index is 4.56. The summed E-state index contributed by atoms with van der Waals surface area (Å²) < 4.78 is 3.38. The summed E-state index contributed by atoms with van der Waals surface area (Å²) in [6.45, 7) is 6.84.